The highest BCUT2D eigenvalue weighted by atomic mass is 16.6. The highest BCUT2D eigenvalue weighted by molar-refractivity contribution is 5.91. The Bertz CT molecular complexity index is 1350. The van der Waals surface area contributed by atoms with E-state index in [1.54, 1.807) is 24.4 Å². The van der Waals surface area contributed by atoms with Gasteiger partial charge >= 0.3 is 0 Å². The Kier molecular flexibility index (Phi) is 5.81. The first-order valence-electron chi connectivity index (χ1n) is 10.2. The zero-order chi connectivity index (χ0) is 22.7. The maximum Gasteiger partial charge on any atom is 0.273 e. The molecule has 7 nitrogen and oxygen atoms in total. The van der Waals surface area contributed by atoms with Gasteiger partial charge in [0, 0.05) is 34.0 Å². The van der Waals surface area contributed by atoms with Crippen LogP contribution in [0.5, 0.6) is 0 Å². The van der Waals surface area contributed by atoms with E-state index in [1.807, 2.05) is 38.1 Å². The van der Waals surface area contributed by atoms with E-state index in [-0.39, 0.29) is 12.1 Å². The van der Waals surface area contributed by atoms with Crippen LogP contribution in [-0.4, -0.2) is 21.6 Å². The van der Waals surface area contributed by atoms with Gasteiger partial charge in [-0.25, -0.2) is 5.43 Å². The topological polar surface area (TPSA) is 89.5 Å². The molecule has 0 bridgehead atoms. The van der Waals surface area contributed by atoms with Crippen molar-refractivity contribution in [3.63, 3.8) is 0 Å². The van der Waals surface area contributed by atoms with Gasteiger partial charge in [-0.15, -0.1) is 0 Å². The number of amides is 1. The number of carbonyl (C=O) groups is 1. The molecule has 1 amide bonds. The summed E-state index contributed by atoms with van der Waals surface area (Å²) < 4.78 is 2.17. The van der Waals surface area contributed by atoms with Crippen LogP contribution in [0.1, 0.15) is 22.5 Å². The van der Waals surface area contributed by atoms with Gasteiger partial charge in [0.25, 0.3) is 5.69 Å². The summed E-state index contributed by atoms with van der Waals surface area (Å²) in [5, 5.41) is 17.5. The molecule has 0 unspecified atom stereocenters. The Labute approximate surface area is 185 Å². The van der Waals surface area contributed by atoms with Crippen molar-refractivity contribution >= 4 is 28.6 Å². The van der Waals surface area contributed by atoms with Crippen molar-refractivity contribution in [3.8, 4) is 5.69 Å². The lowest BCUT2D eigenvalue weighted by atomic mass is 10.1. The highest BCUT2D eigenvalue weighted by Gasteiger charge is 2.15. The Balaban J connectivity index is 1.54. The largest absolute Gasteiger partial charge is 0.317 e. The normalized spacial score (nSPS) is 11.2. The average molecular weight is 426 g/mol. The number of hydrogen-bond donors (Lipinski definition) is 1. The van der Waals surface area contributed by atoms with Crippen LogP contribution in [0.3, 0.4) is 0 Å². The number of nitrogens with zero attached hydrogens (tertiary/aromatic N) is 3. The number of nitro groups is 1. The maximum atomic E-state index is 12.2. The second kappa shape index (κ2) is 8.85. The Hall–Kier alpha value is -4.26. The smallest absolute Gasteiger partial charge is 0.273 e. The molecule has 0 aliphatic heterocycles. The second-order valence-electron chi connectivity index (χ2n) is 7.52. The SMILES string of the molecule is Cc1cc(C=NNC(=O)Cc2ccccc2[N+](=O)[O-])c(C)n1-c1cccc2ccccc12. The van der Waals surface area contributed by atoms with Gasteiger partial charge in [-0.3, -0.25) is 14.9 Å². The molecular weight excluding hydrogens is 404 g/mol. The number of hydrazone groups is 1. The van der Waals surface area contributed by atoms with Gasteiger partial charge < -0.3 is 4.57 Å². The molecule has 1 N–H and O–H groups in total. The number of nitro benzene ring substituents is 1. The van der Waals surface area contributed by atoms with Crippen LogP contribution < -0.4 is 5.43 Å². The number of rotatable bonds is 6. The third-order valence-electron chi connectivity index (χ3n) is 5.41. The van der Waals surface area contributed by atoms with Gasteiger partial charge in [0.2, 0.25) is 5.91 Å². The number of fused-ring (bicyclic) bond motifs is 1. The van der Waals surface area contributed by atoms with Crippen LogP contribution in [0.4, 0.5) is 5.69 Å². The van der Waals surface area contributed by atoms with Crippen LogP contribution >= 0.6 is 0 Å². The minimum atomic E-state index is -0.492. The molecule has 1 heterocycles. The van der Waals surface area contributed by atoms with Crippen LogP contribution in [0.25, 0.3) is 16.5 Å². The van der Waals surface area contributed by atoms with E-state index >= 15 is 0 Å². The minimum Gasteiger partial charge on any atom is -0.317 e. The van der Waals surface area contributed by atoms with E-state index in [4.69, 9.17) is 0 Å². The molecule has 0 fully saturated rings. The number of hydrogen-bond acceptors (Lipinski definition) is 4. The standard InChI is InChI=1S/C25H22N4O3/c1-17-14-21(16-26-27-25(30)15-20-9-4-6-12-23(20)29(31)32)18(2)28(17)24-13-7-10-19-8-3-5-11-22(19)24/h3-14,16H,15H2,1-2H3,(H,27,30). The number of aromatic nitrogens is 1. The molecule has 0 aliphatic carbocycles. The fraction of sp³-hybridized carbons (Fsp3) is 0.120. The summed E-state index contributed by atoms with van der Waals surface area (Å²) in [5.41, 5.74) is 6.74. The number of benzene rings is 3. The Morgan fingerprint density at radius 2 is 1.78 bits per heavy atom. The fourth-order valence-corrected chi connectivity index (χ4v) is 3.92. The summed E-state index contributed by atoms with van der Waals surface area (Å²) in [5.74, 6) is -0.418. The van der Waals surface area contributed by atoms with Gasteiger partial charge in [0.15, 0.2) is 0 Å². The molecule has 4 aromatic rings. The summed E-state index contributed by atoms with van der Waals surface area (Å²) in [6, 6.07) is 22.6. The first-order chi connectivity index (χ1) is 15.5. The van der Waals surface area contributed by atoms with Crippen molar-refractivity contribution in [1.29, 1.82) is 0 Å². The first-order valence-corrected chi connectivity index (χ1v) is 10.2. The quantitative estimate of drug-likeness (QED) is 0.272. The molecule has 0 atom stereocenters. The van der Waals surface area contributed by atoms with Gasteiger partial charge in [-0.05, 0) is 31.4 Å². The average Bonchev–Trinajstić information content (AvgIpc) is 3.06. The van der Waals surface area contributed by atoms with Crippen LogP contribution in [-0.2, 0) is 11.2 Å². The van der Waals surface area contributed by atoms with Gasteiger partial charge in [0.1, 0.15) is 0 Å². The maximum absolute atomic E-state index is 12.2. The molecule has 0 saturated heterocycles. The predicted octanol–water partition coefficient (Wildman–Crippen LogP) is 4.85. The molecule has 1 aromatic heterocycles. The molecule has 160 valence electrons. The highest BCUT2D eigenvalue weighted by Crippen LogP contribution is 2.27. The van der Waals surface area contributed by atoms with E-state index in [2.05, 4.69) is 39.4 Å². The molecular formula is C25H22N4O3. The molecule has 0 radical (unpaired) electrons. The Morgan fingerprint density at radius 3 is 2.59 bits per heavy atom. The molecule has 7 heteroatoms. The van der Waals surface area contributed by atoms with Crippen molar-refractivity contribution < 1.29 is 9.72 Å². The summed E-state index contributed by atoms with van der Waals surface area (Å²) in [6.45, 7) is 4.03. The predicted molar refractivity (Wildman–Crippen MR) is 125 cm³/mol. The molecule has 0 aliphatic rings. The van der Waals surface area contributed by atoms with E-state index in [1.165, 1.54) is 6.07 Å². The fourth-order valence-electron chi connectivity index (χ4n) is 3.92. The number of aryl methyl sites for hydroxylation is 1. The van der Waals surface area contributed by atoms with E-state index in [9.17, 15) is 14.9 Å². The van der Waals surface area contributed by atoms with E-state index in [0.29, 0.717) is 5.56 Å². The van der Waals surface area contributed by atoms with E-state index < -0.39 is 10.8 Å². The van der Waals surface area contributed by atoms with Crippen molar-refractivity contribution in [2.45, 2.75) is 20.3 Å². The van der Waals surface area contributed by atoms with Crippen molar-refractivity contribution in [1.82, 2.24) is 9.99 Å². The Morgan fingerprint density at radius 1 is 1.06 bits per heavy atom. The van der Waals surface area contributed by atoms with Gasteiger partial charge in [-0.1, -0.05) is 54.6 Å². The van der Waals surface area contributed by atoms with Crippen molar-refractivity contribution in [2.24, 2.45) is 5.10 Å². The summed E-state index contributed by atoms with van der Waals surface area (Å²) in [4.78, 5) is 22.9. The second-order valence-corrected chi connectivity index (χ2v) is 7.52. The van der Waals surface area contributed by atoms with Crippen LogP contribution in [0, 0.1) is 24.0 Å². The van der Waals surface area contributed by atoms with Gasteiger partial charge in [-0.2, -0.15) is 5.10 Å². The monoisotopic (exact) mass is 426 g/mol. The lowest BCUT2D eigenvalue weighted by Gasteiger charge is -2.12. The number of para-hydroxylation sites is 1. The molecule has 3 aromatic carbocycles. The number of carbonyl (C=O) groups excluding carboxylic acids is 1. The summed E-state index contributed by atoms with van der Waals surface area (Å²) >= 11 is 0. The minimum absolute atomic E-state index is 0.0785. The first kappa shape index (κ1) is 21.0. The summed E-state index contributed by atoms with van der Waals surface area (Å²) in [6.07, 6.45) is 1.48. The van der Waals surface area contributed by atoms with Crippen molar-refractivity contribution in [2.75, 3.05) is 0 Å². The summed E-state index contributed by atoms with van der Waals surface area (Å²) in [7, 11) is 0. The third-order valence-corrected chi connectivity index (χ3v) is 5.41. The molecule has 0 saturated carbocycles. The molecule has 4 rings (SSSR count). The third kappa shape index (κ3) is 4.13. The van der Waals surface area contributed by atoms with Crippen molar-refractivity contribution in [3.05, 3.63) is 105 Å². The zero-order valence-electron chi connectivity index (χ0n) is 17.8. The molecule has 32 heavy (non-hydrogen) atoms. The zero-order valence-corrected chi connectivity index (χ0v) is 17.8. The van der Waals surface area contributed by atoms with Gasteiger partial charge in [0.05, 0.1) is 23.2 Å². The lowest BCUT2D eigenvalue weighted by molar-refractivity contribution is -0.385. The van der Waals surface area contributed by atoms with Crippen LogP contribution in [0.15, 0.2) is 77.9 Å². The van der Waals surface area contributed by atoms with E-state index in [0.717, 1.165) is 33.4 Å². The van der Waals surface area contributed by atoms with Crippen LogP contribution in [0.2, 0.25) is 0 Å². The number of nitrogens with one attached hydrogen (secondary N) is 1. The lowest BCUT2D eigenvalue weighted by Crippen LogP contribution is -2.20. The molecule has 0 spiro atoms.